The molecule has 3 amide bonds. The Hall–Kier alpha value is -2.37. The molecule has 0 aliphatic carbocycles. The van der Waals surface area contributed by atoms with Crippen molar-refractivity contribution < 1.29 is 14.4 Å². The van der Waals surface area contributed by atoms with Crippen molar-refractivity contribution in [1.82, 2.24) is 10.2 Å². The Morgan fingerprint density at radius 1 is 1.25 bits per heavy atom. The number of hydrogen-bond acceptors (Lipinski definition) is 3. The molecule has 0 saturated carbocycles. The Balaban J connectivity index is 1.60. The zero-order valence-corrected chi connectivity index (χ0v) is 14.0. The SMILES string of the molecule is CN1C[C@@H](C(=O)NCc2cccc(N3CCCCC3=O)c2)CC1=O. The van der Waals surface area contributed by atoms with Crippen molar-refractivity contribution in [3.8, 4) is 0 Å². The van der Waals surface area contributed by atoms with Gasteiger partial charge in [-0.15, -0.1) is 0 Å². The number of piperidine rings is 1. The van der Waals surface area contributed by atoms with Crippen molar-refractivity contribution >= 4 is 23.4 Å². The second-order valence-electron chi connectivity index (χ2n) is 6.57. The van der Waals surface area contributed by atoms with Gasteiger partial charge in [0, 0.05) is 45.2 Å². The molecule has 2 aliphatic rings. The van der Waals surface area contributed by atoms with Crippen LogP contribution in [0.2, 0.25) is 0 Å². The van der Waals surface area contributed by atoms with E-state index in [1.165, 1.54) is 0 Å². The molecule has 24 heavy (non-hydrogen) atoms. The number of benzene rings is 1. The molecule has 0 unspecified atom stereocenters. The Kier molecular flexibility index (Phi) is 4.83. The van der Waals surface area contributed by atoms with Gasteiger partial charge in [-0.05, 0) is 30.5 Å². The number of nitrogens with zero attached hydrogens (tertiary/aromatic N) is 2. The summed E-state index contributed by atoms with van der Waals surface area (Å²) in [6.45, 7) is 1.64. The van der Waals surface area contributed by atoms with E-state index >= 15 is 0 Å². The standard InChI is InChI=1S/C18H23N3O3/c1-20-12-14(10-17(20)23)18(24)19-11-13-5-4-6-15(9-13)21-8-3-2-7-16(21)22/h4-6,9,14H,2-3,7-8,10-12H2,1H3,(H,19,24)/t14-/m0/s1. The van der Waals surface area contributed by atoms with Crippen molar-refractivity contribution in [2.45, 2.75) is 32.2 Å². The zero-order chi connectivity index (χ0) is 17.1. The average molecular weight is 329 g/mol. The summed E-state index contributed by atoms with van der Waals surface area (Å²) in [4.78, 5) is 39.2. The zero-order valence-electron chi connectivity index (χ0n) is 14.0. The molecule has 1 N–H and O–H groups in total. The number of carbonyl (C=O) groups excluding carboxylic acids is 3. The highest BCUT2D eigenvalue weighted by molar-refractivity contribution is 5.94. The first kappa shape index (κ1) is 16.5. The minimum atomic E-state index is -0.269. The molecule has 0 spiro atoms. The maximum Gasteiger partial charge on any atom is 0.226 e. The van der Waals surface area contributed by atoms with Gasteiger partial charge in [-0.3, -0.25) is 14.4 Å². The third-order valence-corrected chi connectivity index (χ3v) is 4.72. The maximum absolute atomic E-state index is 12.2. The van der Waals surface area contributed by atoms with Gasteiger partial charge in [0.25, 0.3) is 0 Å². The Bertz CT molecular complexity index is 659. The second kappa shape index (κ2) is 7.03. The van der Waals surface area contributed by atoms with Gasteiger partial charge < -0.3 is 15.1 Å². The van der Waals surface area contributed by atoms with Crippen LogP contribution in [0.3, 0.4) is 0 Å². The number of carbonyl (C=O) groups is 3. The van der Waals surface area contributed by atoms with Crippen molar-refractivity contribution in [3.63, 3.8) is 0 Å². The van der Waals surface area contributed by atoms with E-state index in [2.05, 4.69) is 5.32 Å². The molecule has 2 saturated heterocycles. The van der Waals surface area contributed by atoms with Crippen LogP contribution in [0.4, 0.5) is 5.69 Å². The lowest BCUT2D eigenvalue weighted by atomic mass is 10.1. The molecule has 128 valence electrons. The fourth-order valence-electron chi connectivity index (χ4n) is 3.29. The van der Waals surface area contributed by atoms with Crippen LogP contribution in [0.15, 0.2) is 24.3 Å². The Morgan fingerprint density at radius 2 is 2.08 bits per heavy atom. The highest BCUT2D eigenvalue weighted by Gasteiger charge is 2.31. The van der Waals surface area contributed by atoms with Crippen molar-refractivity contribution in [1.29, 1.82) is 0 Å². The molecule has 0 bridgehead atoms. The molecule has 1 aromatic rings. The fraction of sp³-hybridized carbons (Fsp3) is 0.500. The fourth-order valence-corrected chi connectivity index (χ4v) is 3.29. The lowest BCUT2D eigenvalue weighted by Crippen LogP contribution is -2.35. The average Bonchev–Trinajstić information content (AvgIpc) is 2.92. The van der Waals surface area contributed by atoms with E-state index in [1.54, 1.807) is 11.9 Å². The third-order valence-electron chi connectivity index (χ3n) is 4.72. The first-order valence-electron chi connectivity index (χ1n) is 8.45. The Labute approximate surface area is 141 Å². The van der Waals surface area contributed by atoms with Gasteiger partial charge in [-0.25, -0.2) is 0 Å². The number of anilines is 1. The number of nitrogens with one attached hydrogen (secondary N) is 1. The van der Waals surface area contributed by atoms with Gasteiger partial charge in [0.1, 0.15) is 0 Å². The van der Waals surface area contributed by atoms with Crippen LogP contribution >= 0.6 is 0 Å². The first-order valence-corrected chi connectivity index (χ1v) is 8.45. The van der Waals surface area contributed by atoms with E-state index in [0.717, 1.165) is 30.6 Å². The molecule has 1 aromatic carbocycles. The quantitative estimate of drug-likeness (QED) is 0.905. The van der Waals surface area contributed by atoms with E-state index in [-0.39, 0.29) is 30.1 Å². The molecule has 0 radical (unpaired) electrons. The lowest BCUT2D eigenvalue weighted by molar-refractivity contribution is -0.128. The molecule has 6 heteroatoms. The topological polar surface area (TPSA) is 69.7 Å². The van der Waals surface area contributed by atoms with Gasteiger partial charge in [0.2, 0.25) is 17.7 Å². The highest BCUT2D eigenvalue weighted by Crippen LogP contribution is 2.22. The summed E-state index contributed by atoms with van der Waals surface area (Å²) in [5, 5.41) is 2.90. The van der Waals surface area contributed by atoms with E-state index < -0.39 is 0 Å². The van der Waals surface area contributed by atoms with Crippen LogP contribution in [0, 0.1) is 5.92 Å². The van der Waals surface area contributed by atoms with E-state index in [1.807, 2.05) is 29.2 Å². The van der Waals surface area contributed by atoms with Gasteiger partial charge >= 0.3 is 0 Å². The van der Waals surface area contributed by atoms with Crippen LogP contribution in [-0.2, 0) is 20.9 Å². The van der Waals surface area contributed by atoms with Gasteiger partial charge in [-0.2, -0.15) is 0 Å². The lowest BCUT2D eigenvalue weighted by Gasteiger charge is -2.27. The third kappa shape index (κ3) is 3.58. The molecule has 2 heterocycles. The van der Waals surface area contributed by atoms with Crippen LogP contribution < -0.4 is 10.2 Å². The number of rotatable bonds is 4. The second-order valence-corrected chi connectivity index (χ2v) is 6.57. The van der Waals surface area contributed by atoms with Crippen molar-refractivity contribution in [2.24, 2.45) is 5.92 Å². The number of likely N-dealkylation sites (tertiary alicyclic amines) is 1. The minimum absolute atomic E-state index is 0.0146. The van der Waals surface area contributed by atoms with Crippen molar-refractivity contribution in [2.75, 3.05) is 25.0 Å². The minimum Gasteiger partial charge on any atom is -0.352 e. The monoisotopic (exact) mass is 329 g/mol. The van der Waals surface area contributed by atoms with E-state index in [0.29, 0.717) is 19.5 Å². The van der Waals surface area contributed by atoms with Crippen LogP contribution in [0.5, 0.6) is 0 Å². The first-order chi connectivity index (χ1) is 11.5. The molecule has 1 atom stereocenters. The Morgan fingerprint density at radius 3 is 2.79 bits per heavy atom. The molecule has 2 aliphatic heterocycles. The van der Waals surface area contributed by atoms with Crippen LogP contribution in [-0.4, -0.2) is 42.8 Å². The summed E-state index contributed by atoms with van der Waals surface area (Å²) in [6.07, 6.45) is 2.87. The molecule has 2 fully saturated rings. The van der Waals surface area contributed by atoms with Gasteiger partial charge in [0.05, 0.1) is 5.92 Å². The molecule has 3 rings (SSSR count). The summed E-state index contributed by atoms with van der Waals surface area (Å²) in [5.74, 6) is -0.183. The van der Waals surface area contributed by atoms with E-state index in [4.69, 9.17) is 0 Å². The van der Waals surface area contributed by atoms with E-state index in [9.17, 15) is 14.4 Å². The smallest absolute Gasteiger partial charge is 0.226 e. The summed E-state index contributed by atoms with van der Waals surface area (Å²) in [7, 11) is 1.72. The number of amides is 3. The summed E-state index contributed by atoms with van der Waals surface area (Å²) in [5.41, 5.74) is 1.85. The predicted molar refractivity (Wildman–Crippen MR) is 90.2 cm³/mol. The molecule has 0 aromatic heterocycles. The normalized spacial score (nSPS) is 21.3. The molecule has 6 nitrogen and oxygen atoms in total. The molecular weight excluding hydrogens is 306 g/mol. The number of hydrogen-bond donors (Lipinski definition) is 1. The van der Waals surface area contributed by atoms with Crippen LogP contribution in [0.25, 0.3) is 0 Å². The largest absolute Gasteiger partial charge is 0.352 e. The summed E-state index contributed by atoms with van der Waals surface area (Å²) < 4.78 is 0. The predicted octanol–water partition coefficient (Wildman–Crippen LogP) is 1.30. The van der Waals surface area contributed by atoms with Crippen LogP contribution in [0.1, 0.15) is 31.2 Å². The maximum atomic E-state index is 12.2. The highest BCUT2D eigenvalue weighted by atomic mass is 16.2. The summed E-state index contributed by atoms with van der Waals surface area (Å²) >= 11 is 0. The summed E-state index contributed by atoms with van der Waals surface area (Å²) in [6, 6.07) is 7.73. The van der Waals surface area contributed by atoms with Crippen molar-refractivity contribution in [3.05, 3.63) is 29.8 Å². The molecular formula is C18H23N3O3. The van der Waals surface area contributed by atoms with Gasteiger partial charge in [0.15, 0.2) is 0 Å². The van der Waals surface area contributed by atoms with Gasteiger partial charge in [-0.1, -0.05) is 12.1 Å².